The van der Waals surface area contributed by atoms with Gasteiger partial charge in [-0.25, -0.2) is 0 Å². The van der Waals surface area contributed by atoms with Crippen LogP contribution in [0.25, 0.3) is 0 Å². The van der Waals surface area contributed by atoms with E-state index in [9.17, 15) is 13.2 Å². The Hall–Kier alpha value is 0.1000. The van der Waals surface area contributed by atoms with Crippen LogP contribution in [0.2, 0.25) is 0 Å². The lowest BCUT2D eigenvalue weighted by molar-refractivity contribution is -0.115. The molecule has 16 heavy (non-hydrogen) atoms. The summed E-state index contributed by atoms with van der Waals surface area (Å²) in [4.78, 5) is 0. The maximum Gasteiger partial charge on any atom is 0.441 e. The highest BCUT2D eigenvalue weighted by Crippen LogP contribution is 2.39. The molecular weight excluding hydrogens is 237 g/mol. The van der Waals surface area contributed by atoms with Gasteiger partial charge in [0.05, 0.1) is 12.2 Å². The lowest BCUT2D eigenvalue weighted by atomic mass is 9.77. The Labute approximate surface area is 99.1 Å². The number of hydrogen-bond acceptors (Lipinski definition) is 2. The Morgan fingerprint density at radius 1 is 1.00 bits per heavy atom. The molecule has 1 nitrogen and oxygen atoms in total. The van der Waals surface area contributed by atoms with E-state index in [2.05, 4.69) is 13.8 Å². The van der Waals surface area contributed by atoms with Crippen molar-refractivity contribution in [2.24, 2.45) is 17.8 Å². The maximum atomic E-state index is 12.1. The van der Waals surface area contributed by atoms with Crippen LogP contribution in [-0.2, 0) is 4.74 Å². The number of ether oxygens (including phenoxy) is 1. The lowest BCUT2D eigenvalue weighted by Crippen LogP contribution is -2.44. The topological polar surface area (TPSA) is 9.23 Å². The summed E-state index contributed by atoms with van der Waals surface area (Å²) in [6, 6.07) is 0. The summed E-state index contributed by atoms with van der Waals surface area (Å²) in [6.07, 6.45) is -0.238. The average molecular weight is 256 g/mol. The van der Waals surface area contributed by atoms with Gasteiger partial charge in [0.15, 0.2) is 0 Å². The number of rotatable bonds is 2. The van der Waals surface area contributed by atoms with E-state index in [-0.39, 0.29) is 35.6 Å². The van der Waals surface area contributed by atoms with Gasteiger partial charge in [0, 0.05) is 5.75 Å². The summed E-state index contributed by atoms with van der Waals surface area (Å²) in [5.74, 6) is 0.997. The molecule has 5 heteroatoms. The van der Waals surface area contributed by atoms with Crippen LogP contribution in [0.4, 0.5) is 13.2 Å². The number of halogens is 3. The van der Waals surface area contributed by atoms with Gasteiger partial charge in [0.25, 0.3) is 0 Å². The van der Waals surface area contributed by atoms with E-state index in [0.717, 1.165) is 0 Å². The summed E-state index contributed by atoms with van der Waals surface area (Å²) < 4.78 is 42.0. The molecule has 1 rings (SSSR count). The molecule has 1 aliphatic rings. The quantitative estimate of drug-likeness (QED) is 0.740. The Morgan fingerprint density at radius 3 is 2.06 bits per heavy atom. The zero-order chi connectivity index (χ0) is 12.5. The molecule has 0 N–H and O–H groups in total. The lowest BCUT2D eigenvalue weighted by Gasteiger charge is -2.42. The standard InChI is InChI=1S/C11H19F3OS/c1-6-7(2)9(4)15-10(8(6)3)5-16-11(12,13)14/h6-10H,5H2,1-4H3/t6-,7?,8+,9-,10?/m1/s1. The third-order valence-corrected chi connectivity index (χ3v) is 4.61. The summed E-state index contributed by atoms with van der Waals surface area (Å²) in [5, 5.41) is 0. The Morgan fingerprint density at radius 2 is 1.56 bits per heavy atom. The molecule has 1 aliphatic heterocycles. The molecular formula is C11H19F3OS. The third-order valence-electron chi connectivity index (χ3n) is 3.79. The van der Waals surface area contributed by atoms with E-state index in [0.29, 0.717) is 11.8 Å². The second kappa shape index (κ2) is 5.17. The number of thioether (sulfide) groups is 1. The van der Waals surface area contributed by atoms with Crippen molar-refractivity contribution < 1.29 is 17.9 Å². The first-order valence-corrected chi connectivity index (χ1v) is 6.57. The molecule has 1 fully saturated rings. The van der Waals surface area contributed by atoms with Crippen molar-refractivity contribution in [3.8, 4) is 0 Å². The molecule has 0 spiro atoms. The number of hydrogen-bond donors (Lipinski definition) is 0. The molecule has 1 heterocycles. The van der Waals surface area contributed by atoms with Gasteiger partial charge >= 0.3 is 5.51 Å². The van der Waals surface area contributed by atoms with Crippen molar-refractivity contribution in [2.75, 3.05) is 5.75 Å². The average Bonchev–Trinajstić information content (AvgIpc) is 2.17. The molecule has 0 aromatic carbocycles. The second-order valence-corrected chi connectivity index (χ2v) is 5.80. The minimum absolute atomic E-state index is 0.00602. The van der Waals surface area contributed by atoms with Gasteiger partial charge in [0.1, 0.15) is 0 Å². The van der Waals surface area contributed by atoms with Crippen LogP contribution in [0.1, 0.15) is 27.7 Å². The van der Waals surface area contributed by atoms with E-state index in [1.165, 1.54) is 0 Å². The summed E-state index contributed by atoms with van der Waals surface area (Å²) in [7, 11) is 0. The van der Waals surface area contributed by atoms with Gasteiger partial charge in [-0.15, -0.1) is 0 Å². The molecule has 0 aromatic heterocycles. The van der Waals surface area contributed by atoms with Gasteiger partial charge in [-0.2, -0.15) is 13.2 Å². The molecule has 0 aromatic rings. The predicted molar refractivity (Wildman–Crippen MR) is 60.3 cm³/mol. The third kappa shape index (κ3) is 3.55. The zero-order valence-electron chi connectivity index (χ0n) is 10.0. The van der Waals surface area contributed by atoms with Crippen LogP contribution >= 0.6 is 11.8 Å². The van der Waals surface area contributed by atoms with E-state index in [4.69, 9.17) is 4.74 Å². The fourth-order valence-electron chi connectivity index (χ4n) is 2.14. The first kappa shape index (κ1) is 14.2. The minimum atomic E-state index is -4.15. The van der Waals surface area contributed by atoms with Crippen LogP contribution < -0.4 is 0 Å². The van der Waals surface area contributed by atoms with Crippen molar-refractivity contribution in [1.29, 1.82) is 0 Å². The van der Waals surface area contributed by atoms with E-state index >= 15 is 0 Å². The van der Waals surface area contributed by atoms with Crippen LogP contribution in [0.15, 0.2) is 0 Å². The van der Waals surface area contributed by atoms with Crippen LogP contribution in [0.3, 0.4) is 0 Å². The Bertz CT molecular complexity index is 232. The molecule has 0 bridgehead atoms. The molecule has 0 aliphatic carbocycles. The zero-order valence-corrected chi connectivity index (χ0v) is 10.9. The highest BCUT2D eigenvalue weighted by molar-refractivity contribution is 8.00. The second-order valence-electron chi connectivity index (χ2n) is 4.71. The molecule has 2 unspecified atom stereocenters. The smallest absolute Gasteiger partial charge is 0.374 e. The fourth-order valence-corrected chi connectivity index (χ4v) is 2.87. The largest absolute Gasteiger partial charge is 0.441 e. The normalized spacial score (nSPS) is 41.1. The van der Waals surface area contributed by atoms with E-state index < -0.39 is 5.51 Å². The first-order chi connectivity index (χ1) is 7.22. The molecule has 0 radical (unpaired) electrons. The van der Waals surface area contributed by atoms with Crippen LogP contribution in [0, 0.1) is 17.8 Å². The Balaban J connectivity index is 2.54. The van der Waals surface area contributed by atoms with E-state index in [1.54, 1.807) is 0 Å². The van der Waals surface area contributed by atoms with Crippen molar-refractivity contribution in [3.05, 3.63) is 0 Å². The predicted octanol–water partition coefficient (Wildman–Crippen LogP) is 3.94. The first-order valence-electron chi connectivity index (χ1n) is 5.58. The molecule has 5 atom stereocenters. The maximum absolute atomic E-state index is 12.1. The van der Waals surface area contributed by atoms with Crippen molar-refractivity contribution in [1.82, 2.24) is 0 Å². The van der Waals surface area contributed by atoms with Crippen LogP contribution in [0.5, 0.6) is 0 Å². The van der Waals surface area contributed by atoms with Crippen LogP contribution in [-0.4, -0.2) is 23.5 Å². The Kier molecular flexibility index (Phi) is 4.57. The summed E-state index contributed by atoms with van der Waals surface area (Å²) in [6.45, 7) is 8.12. The van der Waals surface area contributed by atoms with Crippen molar-refractivity contribution in [3.63, 3.8) is 0 Å². The van der Waals surface area contributed by atoms with Gasteiger partial charge in [-0.1, -0.05) is 20.8 Å². The summed E-state index contributed by atoms with van der Waals surface area (Å²) >= 11 is 0.0241. The minimum Gasteiger partial charge on any atom is -0.374 e. The molecule has 1 saturated heterocycles. The highest BCUT2D eigenvalue weighted by atomic mass is 32.2. The fraction of sp³-hybridized carbons (Fsp3) is 1.00. The molecule has 0 saturated carbocycles. The van der Waals surface area contributed by atoms with Gasteiger partial charge in [-0.05, 0) is 36.4 Å². The van der Waals surface area contributed by atoms with Gasteiger partial charge in [0.2, 0.25) is 0 Å². The summed E-state index contributed by atoms with van der Waals surface area (Å²) in [5.41, 5.74) is -4.15. The van der Waals surface area contributed by atoms with Crippen molar-refractivity contribution >= 4 is 11.8 Å². The molecule has 96 valence electrons. The highest BCUT2D eigenvalue weighted by Gasteiger charge is 2.39. The monoisotopic (exact) mass is 256 g/mol. The van der Waals surface area contributed by atoms with Gasteiger partial charge < -0.3 is 4.74 Å². The SMILES string of the molecule is CC1[C@@H](C)[C@H](C)C(CSC(F)(F)F)O[C@@H]1C. The van der Waals surface area contributed by atoms with Crippen molar-refractivity contribution in [2.45, 2.75) is 45.4 Å². The van der Waals surface area contributed by atoms with Gasteiger partial charge in [-0.3, -0.25) is 0 Å². The number of alkyl halides is 3. The van der Waals surface area contributed by atoms with E-state index in [1.807, 2.05) is 13.8 Å². The molecule has 0 amide bonds.